The van der Waals surface area contributed by atoms with Crippen LogP contribution >= 0.6 is 11.8 Å². The highest BCUT2D eigenvalue weighted by molar-refractivity contribution is 7.99. The lowest BCUT2D eigenvalue weighted by Gasteiger charge is -2.09. The number of hydrogen-bond donors (Lipinski definition) is 3. The maximum absolute atomic E-state index is 12.1. The molecule has 0 atom stereocenters. The highest BCUT2D eigenvalue weighted by atomic mass is 32.2. The summed E-state index contributed by atoms with van der Waals surface area (Å²) in [6, 6.07) is 14.7. The number of nitrogens with zero attached hydrogens (tertiary/aromatic N) is 2. The Morgan fingerprint density at radius 2 is 1.87 bits per heavy atom. The first-order chi connectivity index (χ1) is 14.4. The average Bonchev–Trinajstić information content (AvgIpc) is 3.08. The van der Waals surface area contributed by atoms with Gasteiger partial charge in [0.15, 0.2) is 5.16 Å². The zero-order chi connectivity index (χ0) is 21.5. The van der Waals surface area contributed by atoms with E-state index >= 15 is 0 Å². The molecule has 156 valence electrons. The summed E-state index contributed by atoms with van der Waals surface area (Å²) in [5.41, 5.74) is 3.54. The summed E-state index contributed by atoms with van der Waals surface area (Å²) in [5, 5.41) is 11.7. The zero-order valence-electron chi connectivity index (χ0n) is 16.8. The SMILES string of the molecule is Cc1ccc(NC(=O)NC(=O)CSc2n[nH]c(=O)n2CCc2ccccc2)cc1C. The van der Waals surface area contributed by atoms with Crippen molar-refractivity contribution < 1.29 is 9.59 Å². The van der Waals surface area contributed by atoms with Crippen molar-refractivity contribution in [3.05, 3.63) is 75.7 Å². The molecule has 0 aliphatic rings. The predicted molar refractivity (Wildman–Crippen MR) is 117 cm³/mol. The van der Waals surface area contributed by atoms with Crippen LogP contribution in [0.5, 0.6) is 0 Å². The van der Waals surface area contributed by atoms with Gasteiger partial charge >= 0.3 is 11.7 Å². The summed E-state index contributed by atoms with van der Waals surface area (Å²) >= 11 is 1.09. The molecule has 0 aliphatic heterocycles. The third kappa shape index (κ3) is 5.84. The Labute approximate surface area is 178 Å². The number of aromatic nitrogens is 3. The second-order valence-electron chi connectivity index (χ2n) is 6.79. The molecule has 0 bridgehead atoms. The smallest absolute Gasteiger partial charge is 0.308 e. The van der Waals surface area contributed by atoms with Crippen LogP contribution in [0.1, 0.15) is 16.7 Å². The second kappa shape index (κ2) is 9.93. The maximum atomic E-state index is 12.1. The van der Waals surface area contributed by atoms with E-state index in [1.165, 1.54) is 4.57 Å². The van der Waals surface area contributed by atoms with Gasteiger partial charge in [0, 0.05) is 12.2 Å². The first-order valence-electron chi connectivity index (χ1n) is 9.42. The Balaban J connectivity index is 1.51. The van der Waals surface area contributed by atoms with Crippen LogP contribution in [-0.4, -0.2) is 32.5 Å². The standard InChI is InChI=1S/C21H23N5O3S/c1-14-8-9-17(12-15(14)2)22-19(28)23-18(27)13-30-21-25-24-20(29)26(21)11-10-16-6-4-3-5-7-16/h3-9,12H,10-11,13H2,1-2H3,(H,24,29)(H2,22,23,27,28). The molecule has 1 heterocycles. The van der Waals surface area contributed by atoms with E-state index in [0.717, 1.165) is 28.5 Å². The van der Waals surface area contributed by atoms with Crippen molar-refractivity contribution in [2.75, 3.05) is 11.1 Å². The van der Waals surface area contributed by atoms with Crippen LogP contribution in [0.3, 0.4) is 0 Å². The molecule has 0 fully saturated rings. The maximum Gasteiger partial charge on any atom is 0.343 e. The van der Waals surface area contributed by atoms with Crippen LogP contribution in [0.4, 0.5) is 10.5 Å². The van der Waals surface area contributed by atoms with Gasteiger partial charge < -0.3 is 5.32 Å². The number of aryl methyl sites for hydroxylation is 3. The summed E-state index contributed by atoms with van der Waals surface area (Å²) < 4.78 is 1.49. The van der Waals surface area contributed by atoms with E-state index < -0.39 is 11.9 Å². The van der Waals surface area contributed by atoms with Crippen LogP contribution in [0.25, 0.3) is 0 Å². The van der Waals surface area contributed by atoms with Crippen molar-refractivity contribution in [2.45, 2.75) is 32.0 Å². The van der Waals surface area contributed by atoms with Crippen LogP contribution < -0.4 is 16.3 Å². The van der Waals surface area contributed by atoms with E-state index in [4.69, 9.17) is 0 Å². The number of urea groups is 1. The quantitative estimate of drug-likeness (QED) is 0.505. The number of nitrogens with one attached hydrogen (secondary N) is 3. The molecule has 0 aliphatic carbocycles. The Kier molecular flexibility index (Phi) is 7.08. The van der Waals surface area contributed by atoms with Crippen molar-refractivity contribution in [2.24, 2.45) is 0 Å². The number of benzene rings is 2. The molecule has 8 nitrogen and oxygen atoms in total. The minimum absolute atomic E-state index is 0.0457. The molecule has 3 N–H and O–H groups in total. The highest BCUT2D eigenvalue weighted by Crippen LogP contribution is 2.15. The molecule has 0 unspecified atom stereocenters. The molecule has 0 spiro atoms. The number of amides is 3. The van der Waals surface area contributed by atoms with Gasteiger partial charge in [0.05, 0.1) is 5.75 Å². The lowest BCUT2D eigenvalue weighted by atomic mass is 10.1. The average molecular weight is 426 g/mol. The number of rotatable bonds is 7. The van der Waals surface area contributed by atoms with Gasteiger partial charge in [0.2, 0.25) is 5.91 Å². The van der Waals surface area contributed by atoms with Crippen LogP contribution in [-0.2, 0) is 17.8 Å². The molecular weight excluding hydrogens is 402 g/mol. The largest absolute Gasteiger partial charge is 0.343 e. The minimum atomic E-state index is -0.604. The van der Waals surface area contributed by atoms with Crippen LogP contribution in [0, 0.1) is 13.8 Å². The zero-order valence-corrected chi connectivity index (χ0v) is 17.6. The lowest BCUT2D eigenvalue weighted by Crippen LogP contribution is -2.35. The molecule has 3 aromatic rings. The number of thioether (sulfide) groups is 1. The fourth-order valence-corrected chi connectivity index (χ4v) is 3.54. The predicted octanol–water partition coefficient (Wildman–Crippen LogP) is 2.87. The van der Waals surface area contributed by atoms with E-state index in [1.54, 1.807) is 6.07 Å². The normalized spacial score (nSPS) is 10.6. The fraction of sp³-hybridized carbons (Fsp3) is 0.238. The van der Waals surface area contributed by atoms with Gasteiger partial charge in [-0.2, -0.15) is 0 Å². The summed E-state index contributed by atoms with van der Waals surface area (Å²) in [6.07, 6.45) is 0.665. The van der Waals surface area contributed by atoms with E-state index in [-0.39, 0.29) is 11.4 Å². The van der Waals surface area contributed by atoms with Crippen molar-refractivity contribution >= 4 is 29.4 Å². The minimum Gasteiger partial charge on any atom is -0.308 e. The van der Waals surface area contributed by atoms with Gasteiger partial charge in [-0.3, -0.25) is 14.7 Å². The van der Waals surface area contributed by atoms with Crippen molar-refractivity contribution in [3.63, 3.8) is 0 Å². The molecule has 0 saturated carbocycles. The monoisotopic (exact) mass is 425 g/mol. The van der Waals surface area contributed by atoms with Gasteiger partial charge in [-0.25, -0.2) is 14.7 Å². The van der Waals surface area contributed by atoms with Gasteiger partial charge in [-0.05, 0) is 49.1 Å². The number of hydrogen-bond acceptors (Lipinski definition) is 5. The third-order valence-electron chi connectivity index (χ3n) is 4.54. The van der Waals surface area contributed by atoms with Crippen molar-refractivity contribution in [3.8, 4) is 0 Å². The van der Waals surface area contributed by atoms with E-state index in [1.807, 2.05) is 56.3 Å². The first-order valence-corrected chi connectivity index (χ1v) is 10.4. The van der Waals surface area contributed by atoms with Gasteiger partial charge in [0.25, 0.3) is 0 Å². The molecule has 30 heavy (non-hydrogen) atoms. The number of imide groups is 1. The van der Waals surface area contributed by atoms with E-state index in [2.05, 4.69) is 20.8 Å². The Morgan fingerprint density at radius 1 is 1.10 bits per heavy atom. The van der Waals surface area contributed by atoms with Gasteiger partial charge in [-0.1, -0.05) is 48.2 Å². The summed E-state index contributed by atoms with van der Waals surface area (Å²) in [4.78, 5) is 36.2. The van der Waals surface area contributed by atoms with Gasteiger partial charge in [0.1, 0.15) is 0 Å². The molecule has 0 saturated heterocycles. The fourth-order valence-electron chi connectivity index (χ4n) is 2.77. The summed E-state index contributed by atoms with van der Waals surface area (Å²) in [6.45, 7) is 4.37. The van der Waals surface area contributed by atoms with E-state index in [9.17, 15) is 14.4 Å². The lowest BCUT2D eigenvalue weighted by molar-refractivity contribution is -0.117. The van der Waals surface area contributed by atoms with Crippen LogP contribution in [0.2, 0.25) is 0 Å². The molecule has 0 radical (unpaired) electrons. The number of carbonyl (C=O) groups is 2. The molecule has 3 rings (SSSR count). The summed E-state index contributed by atoms with van der Waals surface area (Å²) in [7, 11) is 0. The summed E-state index contributed by atoms with van der Waals surface area (Å²) in [5.74, 6) is -0.526. The van der Waals surface area contributed by atoms with Crippen molar-refractivity contribution in [1.82, 2.24) is 20.1 Å². The number of anilines is 1. The van der Waals surface area contributed by atoms with E-state index in [0.29, 0.717) is 23.8 Å². The topological polar surface area (TPSA) is 109 Å². The molecule has 3 amide bonds. The highest BCUT2D eigenvalue weighted by Gasteiger charge is 2.13. The molecule has 2 aromatic carbocycles. The Hall–Kier alpha value is -3.33. The first kappa shape index (κ1) is 21.4. The Bertz CT molecular complexity index is 1090. The number of H-pyrrole nitrogens is 1. The second-order valence-corrected chi connectivity index (χ2v) is 7.73. The number of carbonyl (C=O) groups excluding carboxylic acids is 2. The molecular formula is C21H23N5O3S. The van der Waals surface area contributed by atoms with Gasteiger partial charge in [-0.15, -0.1) is 5.10 Å². The van der Waals surface area contributed by atoms with Crippen molar-refractivity contribution in [1.29, 1.82) is 0 Å². The third-order valence-corrected chi connectivity index (χ3v) is 5.52. The van der Waals surface area contributed by atoms with Crippen LogP contribution in [0.15, 0.2) is 58.5 Å². The molecule has 9 heteroatoms. The Morgan fingerprint density at radius 3 is 2.60 bits per heavy atom. The molecule has 1 aromatic heterocycles. The number of aromatic amines is 1.